The van der Waals surface area contributed by atoms with E-state index >= 15 is 0 Å². The summed E-state index contributed by atoms with van der Waals surface area (Å²) in [6.45, 7) is 0. The van der Waals surface area contributed by atoms with E-state index in [0.29, 0.717) is 4.60 Å². The van der Waals surface area contributed by atoms with Crippen LogP contribution in [0.15, 0.2) is 58.0 Å². The number of hydrogen-bond acceptors (Lipinski definition) is 4. The Morgan fingerprint density at radius 3 is 2.37 bits per heavy atom. The summed E-state index contributed by atoms with van der Waals surface area (Å²) in [5.41, 5.74) is 0.0221. The molecule has 7 heteroatoms. The minimum Gasteiger partial charge on any atom is -0.266 e. The van der Waals surface area contributed by atoms with E-state index in [0.717, 1.165) is 0 Å². The van der Waals surface area contributed by atoms with E-state index in [1.807, 2.05) is 4.72 Å². The molecule has 1 heterocycles. The first-order valence-corrected chi connectivity index (χ1v) is 7.51. The fourth-order valence-electron chi connectivity index (χ4n) is 1.37. The van der Waals surface area contributed by atoms with Crippen LogP contribution in [0.1, 0.15) is 10.5 Å². The van der Waals surface area contributed by atoms with Crippen molar-refractivity contribution in [2.45, 2.75) is 4.90 Å². The number of halogens is 1. The Kier molecular flexibility index (Phi) is 3.96. The zero-order valence-electron chi connectivity index (χ0n) is 9.58. The van der Waals surface area contributed by atoms with Gasteiger partial charge in [0.2, 0.25) is 0 Å². The third-order valence-corrected chi connectivity index (χ3v) is 4.02. The number of benzene rings is 1. The number of carbonyl (C=O) groups excluding carboxylic acids is 1. The van der Waals surface area contributed by atoms with E-state index in [4.69, 9.17) is 0 Å². The summed E-state index contributed by atoms with van der Waals surface area (Å²) in [6.07, 6.45) is 0. The van der Waals surface area contributed by atoms with E-state index in [9.17, 15) is 13.2 Å². The average Bonchev–Trinajstić information content (AvgIpc) is 2.39. The predicted molar refractivity (Wildman–Crippen MR) is 73.0 cm³/mol. The summed E-state index contributed by atoms with van der Waals surface area (Å²) in [6, 6.07) is 12.3. The zero-order valence-corrected chi connectivity index (χ0v) is 12.0. The highest BCUT2D eigenvalue weighted by molar-refractivity contribution is 9.10. The van der Waals surface area contributed by atoms with Gasteiger partial charge in [-0.25, -0.2) is 18.1 Å². The van der Waals surface area contributed by atoms with Crippen LogP contribution >= 0.6 is 15.9 Å². The highest BCUT2D eigenvalue weighted by atomic mass is 79.9. The number of nitrogens with one attached hydrogen (secondary N) is 1. The quantitative estimate of drug-likeness (QED) is 0.866. The Balaban J connectivity index is 2.24. The Labute approximate surface area is 118 Å². The topological polar surface area (TPSA) is 76.1 Å². The first kappa shape index (κ1) is 13.7. The summed E-state index contributed by atoms with van der Waals surface area (Å²) in [7, 11) is -3.88. The number of carbonyl (C=O) groups is 1. The number of hydrogen-bond donors (Lipinski definition) is 1. The van der Waals surface area contributed by atoms with Gasteiger partial charge in [0.1, 0.15) is 10.3 Å². The van der Waals surface area contributed by atoms with E-state index in [1.165, 1.54) is 18.2 Å². The molecule has 0 aliphatic heterocycles. The number of aromatic nitrogens is 1. The minimum absolute atomic E-state index is 0.0221. The third kappa shape index (κ3) is 3.39. The van der Waals surface area contributed by atoms with Gasteiger partial charge in [-0.1, -0.05) is 24.3 Å². The molecular weight excluding hydrogens is 332 g/mol. The number of rotatable bonds is 3. The molecule has 1 amide bonds. The monoisotopic (exact) mass is 340 g/mol. The van der Waals surface area contributed by atoms with Crippen molar-refractivity contribution >= 4 is 31.9 Å². The fourth-order valence-corrected chi connectivity index (χ4v) is 2.69. The largest absolute Gasteiger partial charge is 0.283 e. The number of sulfonamides is 1. The Hall–Kier alpha value is -1.73. The first-order chi connectivity index (χ1) is 8.99. The summed E-state index contributed by atoms with van der Waals surface area (Å²) >= 11 is 3.11. The smallest absolute Gasteiger partial charge is 0.266 e. The van der Waals surface area contributed by atoms with Gasteiger partial charge in [0.15, 0.2) is 0 Å². The Bertz CT molecular complexity index is 702. The van der Waals surface area contributed by atoms with Crippen molar-refractivity contribution in [3.63, 3.8) is 0 Å². The van der Waals surface area contributed by atoms with Gasteiger partial charge < -0.3 is 0 Å². The van der Waals surface area contributed by atoms with Gasteiger partial charge in [-0.05, 0) is 40.2 Å². The molecule has 0 fully saturated rings. The van der Waals surface area contributed by atoms with Crippen molar-refractivity contribution in [3.05, 3.63) is 58.8 Å². The second kappa shape index (κ2) is 5.50. The summed E-state index contributed by atoms with van der Waals surface area (Å²) in [4.78, 5) is 15.7. The molecule has 0 unspecified atom stereocenters. The molecule has 0 aliphatic carbocycles. The molecular formula is C12H9BrN2O3S. The molecule has 1 aromatic carbocycles. The van der Waals surface area contributed by atoms with Crippen molar-refractivity contribution in [3.8, 4) is 0 Å². The molecule has 5 nitrogen and oxygen atoms in total. The molecule has 0 saturated carbocycles. The van der Waals surface area contributed by atoms with E-state index in [1.54, 1.807) is 30.3 Å². The highest BCUT2D eigenvalue weighted by Gasteiger charge is 2.19. The number of nitrogens with zero attached hydrogens (tertiary/aromatic N) is 1. The lowest BCUT2D eigenvalue weighted by molar-refractivity contribution is 0.0976. The van der Waals surface area contributed by atoms with Gasteiger partial charge in [0.05, 0.1) is 4.90 Å². The lowest BCUT2D eigenvalue weighted by atomic mass is 10.3. The van der Waals surface area contributed by atoms with Crippen LogP contribution in [-0.2, 0) is 10.0 Å². The molecule has 1 aromatic heterocycles. The van der Waals surface area contributed by atoms with E-state index < -0.39 is 15.9 Å². The van der Waals surface area contributed by atoms with Crippen LogP contribution in [-0.4, -0.2) is 19.3 Å². The van der Waals surface area contributed by atoms with Gasteiger partial charge in [0.25, 0.3) is 15.9 Å². The SMILES string of the molecule is O=C(NS(=O)(=O)c1ccccc1)c1cccc(Br)n1. The lowest BCUT2D eigenvalue weighted by Gasteiger charge is -2.06. The third-order valence-electron chi connectivity index (χ3n) is 2.23. The average molecular weight is 341 g/mol. The predicted octanol–water partition coefficient (Wildman–Crippen LogP) is 1.96. The van der Waals surface area contributed by atoms with Gasteiger partial charge in [-0.3, -0.25) is 4.79 Å². The molecule has 1 N–H and O–H groups in total. The molecule has 2 aromatic rings. The highest BCUT2D eigenvalue weighted by Crippen LogP contribution is 2.10. The van der Waals surface area contributed by atoms with E-state index in [-0.39, 0.29) is 10.6 Å². The van der Waals surface area contributed by atoms with Crippen molar-refractivity contribution in [2.24, 2.45) is 0 Å². The van der Waals surface area contributed by atoms with Crippen molar-refractivity contribution in [2.75, 3.05) is 0 Å². The maximum atomic E-state index is 11.9. The lowest BCUT2D eigenvalue weighted by Crippen LogP contribution is -2.31. The summed E-state index contributed by atoms with van der Waals surface area (Å²) < 4.78 is 26.3. The van der Waals surface area contributed by atoms with Gasteiger partial charge in [-0.2, -0.15) is 0 Å². The van der Waals surface area contributed by atoms with Crippen LogP contribution in [0.3, 0.4) is 0 Å². The van der Waals surface area contributed by atoms with E-state index in [2.05, 4.69) is 20.9 Å². The molecule has 19 heavy (non-hydrogen) atoms. The molecule has 2 rings (SSSR count). The van der Waals surface area contributed by atoms with Crippen LogP contribution in [0.25, 0.3) is 0 Å². The molecule has 98 valence electrons. The molecule has 0 aliphatic rings. The van der Waals surface area contributed by atoms with Crippen molar-refractivity contribution in [1.82, 2.24) is 9.71 Å². The standard InChI is InChI=1S/C12H9BrN2O3S/c13-11-8-4-7-10(14-11)12(16)15-19(17,18)9-5-2-1-3-6-9/h1-8H,(H,15,16). The van der Waals surface area contributed by atoms with Crippen molar-refractivity contribution in [1.29, 1.82) is 0 Å². The molecule has 0 atom stereocenters. The van der Waals surface area contributed by atoms with Crippen LogP contribution < -0.4 is 4.72 Å². The summed E-state index contributed by atoms with van der Waals surface area (Å²) in [5.74, 6) is -0.773. The van der Waals surface area contributed by atoms with Crippen LogP contribution in [0, 0.1) is 0 Å². The van der Waals surface area contributed by atoms with Gasteiger partial charge in [-0.15, -0.1) is 0 Å². The second-order valence-electron chi connectivity index (χ2n) is 3.59. The van der Waals surface area contributed by atoms with Crippen LogP contribution in [0.5, 0.6) is 0 Å². The Morgan fingerprint density at radius 2 is 1.74 bits per heavy atom. The summed E-state index contributed by atoms with van der Waals surface area (Å²) in [5, 5.41) is 0. The molecule has 0 spiro atoms. The van der Waals surface area contributed by atoms with Gasteiger partial charge in [0, 0.05) is 0 Å². The molecule has 0 radical (unpaired) electrons. The Morgan fingerprint density at radius 1 is 1.05 bits per heavy atom. The molecule has 0 bridgehead atoms. The minimum atomic E-state index is -3.88. The van der Waals surface area contributed by atoms with Gasteiger partial charge >= 0.3 is 0 Å². The number of pyridine rings is 1. The zero-order chi connectivity index (χ0) is 13.9. The van der Waals surface area contributed by atoms with Crippen LogP contribution in [0.2, 0.25) is 0 Å². The fraction of sp³-hybridized carbons (Fsp3) is 0. The van der Waals surface area contributed by atoms with Crippen LogP contribution in [0.4, 0.5) is 0 Å². The normalized spacial score (nSPS) is 11.0. The maximum absolute atomic E-state index is 11.9. The maximum Gasteiger partial charge on any atom is 0.283 e. The first-order valence-electron chi connectivity index (χ1n) is 5.24. The van der Waals surface area contributed by atoms with Crippen molar-refractivity contribution < 1.29 is 13.2 Å². The molecule has 0 saturated heterocycles. The second-order valence-corrected chi connectivity index (χ2v) is 6.09. The number of amides is 1.